The van der Waals surface area contributed by atoms with Crippen molar-refractivity contribution in [2.75, 3.05) is 7.11 Å². The Morgan fingerprint density at radius 1 is 1.25 bits per heavy atom. The maximum absolute atomic E-state index is 12.9. The van der Waals surface area contributed by atoms with Gasteiger partial charge in [0.25, 0.3) is 0 Å². The van der Waals surface area contributed by atoms with Crippen LogP contribution < -0.4 is 0 Å². The summed E-state index contributed by atoms with van der Waals surface area (Å²) in [6.07, 6.45) is 5.99. The Kier molecular flexibility index (Phi) is 5.43. The molecular weight excluding hydrogens is 404 g/mol. The number of ketones is 2. The third-order valence-electron chi connectivity index (χ3n) is 8.62. The van der Waals surface area contributed by atoms with Crippen LogP contribution in [0.5, 0.6) is 0 Å². The van der Waals surface area contributed by atoms with E-state index in [0.29, 0.717) is 17.5 Å². The first kappa shape index (κ1) is 22.5. The van der Waals surface area contributed by atoms with Crippen molar-refractivity contribution in [2.45, 2.75) is 59.3 Å². The molecule has 0 bridgehead atoms. The number of carbonyl (C=O) groups is 3. The van der Waals surface area contributed by atoms with E-state index in [0.717, 1.165) is 54.9 Å². The van der Waals surface area contributed by atoms with Crippen LogP contribution in [0.25, 0.3) is 5.76 Å². The molecule has 170 valence electrons. The van der Waals surface area contributed by atoms with Crippen LogP contribution >= 0.6 is 0 Å². The Morgan fingerprint density at radius 3 is 2.66 bits per heavy atom. The Hall–Kier alpha value is -2.69. The van der Waals surface area contributed by atoms with E-state index >= 15 is 0 Å². The van der Waals surface area contributed by atoms with Gasteiger partial charge in [-0.1, -0.05) is 37.6 Å². The highest BCUT2D eigenvalue weighted by atomic mass is 16.5. The summed E-state index contributed by atoms with van der Waals surface area (Å²) in [6, 6.07) is 3.60. The van der Waals surface area contributed by atoms with Gasteiger partial charge < -0.3 is 9.84 Å². The van der Waals surface area contributed by atoms with Crippen molar-refractivity contribution in [1.82, 2.24) is 0 Å². The van der Waals surface area contributed by atoms with E-state index in [1.54, 1.807) is 6.07 Å². The zero-order valence-corrected chi connectivity index (χ0v) is 19.4. The number of rotatable bonds is 3. The molecule has 1 aromatic carbocycles. The molecule has 0 heterocycles. The lowest BCUT2D eigenvalue weighted by Gasteiger charge is -2.57. The minimum atomic E-state index is -0.690. The number of ether oxygens (including phenoxy) is 1. The minimum absolute atomic E-state index is 0.0617. The van der Waals surface area contributed by atoms with Crippen LogP contribution in [-0.4, -0.2) is 29.8 Å². The molecular formula is C27H32O5. The molecule has 0 aromatic heterocycles. The lowest BCUT2D eigenvalue weighted by molar-refractivity contribution is -0.167. The van der Waals surface area contributed by atoms with Gasteiger partial charge in [-0.2, -0.15) is 0 Å². The lowest BCUT2D eigenvalue weighted by atomic mass is 9.46. The van der Waals surface area contributed by atoms with E-state index in [1.807, 2.05) is 19.9 Å². The fourth-order valence-electron chi connectivity index (χ4n) is 6.89. The highest BCUT2D eigenvalue weighted by molar-refractivity contribution is 6.50. The number of hydrogen-bond acceptors (Lipinski definition) is 5. The number of carbonyl (C=O) groups excluding carboxylic acids is 3. The molecule has 0 saturated heterocycles. The normalized spacial score (nSPS) is 32.1. The number of esters is 1. The fraction of sp³-hybridized carbons (Fsp3) is 0.519. The minimum Gasteiger partial charge on any atom is -0.507 e. The first-order valence-corrected chi connectivity index (χ1v) is 11.4. The number of methoxy groups -OCH3 is 1. The average molecular weight is 437 g/mol. The summed E-state index contributed by atoms with van der Waals surface area (Å²) in [4.78, 5) is 37.9. The van der Waals surface area contributed by atoms with Crippen molar-refractivity contribution in [3.63, 3.8) is 0 Å². The van der Waals surface area contributed by atoms with Gasteiger partial charge in [0, 0.05) is 17.2 Å². The van der Waals surface area contributed by atoms with E-state index in [-0.39, 0.29) is 29.0 Å². The highest BCUT2D eigenvalue weighted by Crippen LogP contribution is 2.62. The molecule has 2 fully saturated rings. The molecule has 0 aliphatic heterocycles. The predicted molar refractivity (Wildman–Crippen MR) is 122 cm³/mol. The molecule has 0 spiro atoms. The van der Waals surface area contributed by atoms with E-state index in [4.69, 9.17) is 4.74 Å². The fourth-order valence-corrected chi connectivity index (χ4v) is 6.89. The second-order valence-corrected chi connectivity index (χ2v) is 10.3. The van der Waals surface area contributed by atoms with Gasteiger partial charge in [-0.3, -0.25) is 14.4 Å². The topological polar surface area (TPSA) is 80.7 Å². The van der Waals surface area contributed by atoms with Crippen molar-refractivity contribution in [2.24, 2.45) is 22.7 Å². The standard InChI is InChI=1S/C27H32O5/c1-15-7-9-17-20(28)14-21(29)24(30)23(17)18(15)13-19-16(2)8-10-22-26(19,3)11-6-12-27(22,4)25(31)32-5/h7,9,14,19,22,28H,2,6,8,10-13H2,1,3-5H3/t19-,22+,26+,27-/m0/s1. The Balaban J connectivity index is 1.80. The maximum Gasteiger partial charge on any atom is 0.311 e. The van der Waals surface area contributed by atoms with Crippen LogP contribution in [0.3, 0.4) is 0 Å². The van der Waals surface area contributed by atoms with Gasteiger partial charge in [0.1, 0.15) is 5.76 Å². The molecule has 4 rings (SSSR count). The number of hydrogen-bond donors (Lipinski definition) is 1. The van der Waals surface area contributed by atoms with E-state index < -0.39 is 17.0 Å². The first-order chi connectivity index (χ1) is 15.0. The summed E-state index contributed by atoms with van der Waals surface area (Å²) < 4.78 is 5.22. The molecule has 5 heteroatoms. The van der Waals surface area contributed by atoms with Crippen LogP contribution in [0.2, 0.25) is 0 Å². The zero-order chi connectivity index (χ0) is 23.4. The van der Waals surface area contributed by atoms with Crippen LogP contribution in [0, 0.1) is 29.6 Å². The number of allylic oxidation sites excluding steroid dienone is 2. The van der Waals surface area contributed by atoms with Crippen molar-refractivity contribution in [1.29, 1.82) is 0 Å². The van der Waals surface area contributed by atoms with Gasteiger partial charge in [-0.05, 0) is 74.3 Å². The molecule has 2 saturated carbocycles. The second-order valence-electron chi connectivity index (χ2n) is 10.3. The van der Waals surface area contributed by atoms with Crippen molar-refractivity contribution >= 4 is 23.3 Å². The highest BCUT2D eigenvalue weighted by Gasteiger charge is 2.58. The molecule has 1 N–H and O–H groups in total. The Morgan fingerprint density at radius 2 is 1.97 bits per heavy atom. The molecule has 4 atom stereocenters. The van der Waals surface area contributed by atoms with Crippen LogP contribution in [0.4, 0.5) is 0 Å². The Labute approximate surface area is 189 Å². The van der Waals surface area contributed by atoms with Crippen molar-refractivity contribution < 1.29 is 24.2 Å². The number of Topliss-reactive ketones (excluding diaryl/α,β-unsaturated/α-hetero) is 1. The van der Waals surface area contributed by atoms with Crippen LogP contribution in [-0.2, 0) is 20.7 Å². The summed E-state index contributed by atoms with van der Waals surface area (Å²) in [7, 11) is 1.46. The zero-order valence-electron chi connectivity index (χ0n) is 19.4. The van der Waals surface area contributed by atoms with E-state index in [9.17, 15) is 19.5 Å². The molecule has 3 aliphatic rings. The number of aryl methyl sites for hydroxylation is 1. The quantitative estimate of drug-likeness (QED) is 0.402. The lowest BCUT2D eigenvalue weighted by Crippen LogP contribution is -2.54. The summed E-state index contributed by atoms with van der Waals surface area (Å²) >= 11 is 0. The largest absolute Gasteiger partial charge is 0.507 e. The Bertz CT molecular complexity index is 1060. The van der Waals surface area contributed by atoms with Gasteiger partial charge in [0.15, 0.2) is 0 Å². The van der Waals surface area contributed by atoms with Crippen LogP contribution in [0.1, 0.15) is 73.0 Å². The van der Waals surface area contributed by atoms with Gasteiger partial charge in [0.2, 0.25) is 11.6 Å². The summed E-state index contributed by atoms with van der Waals surface area (Å²) in [6.45, 7) is 10.6. The second kappa shape index (κ2) is 7.72. The number of fused-ring (bicyclic) bond motifs is 2. The number of benzene rings is 1. The summed E-state index contributed by atoms with van der Waals surface area (Å²) in [5, 5.41) is 10.3. The molecule has 5 nitrogen and oxygen atoms in total. The molecule has 1 aromatic rings. The summed E-state index contributed by atoms with van der Waals surface area (Å²) in [5.74, 6) is -1.35. The van der Waals surface area contributed by atoms with Crippen molar-refractivity contribution in [3.05, 3.63) is 52.6 Å². The van der Waals surface area contributed by atoms with E-state index in [2.05, 4.69) is 13.5 Å². The smallest absolute Gasteiger partial charge is 0.311 e. The predicted octanol–water partition coefficient (Wildman–Crippen LogP) is 5.15. The van der Waals surface area contributed by atoms with Gasteiger partial charge in [-0.25, -0.2) is 0 Å². The van der Waals surface area contributed by atoms with Gasteiger partial charge >= 0.3 is 5.97 Å². The van der Waals surface area contributed by atoms with Crippen molar-refractivity contribution in [3.8, 4) is 0 Å². The van der Waals surface area contributed by atoms with Gasteiger partial charge in [0.05, 0.1) is 12.5 Å². The number of aliphatic hydroxyl groups is 1. The molecule has 0 radical (unpaired) electrons. The molecule has 3 aliphatic carbocycles. The monoisotopic (exact) mass is 436 g/mol. The molecule has 0 amide bonds. The molecule has 32 heavy (non-hydrogen) atoms. The third kappa shape index (κ3) is 3.16. The average Bonchev–Trinajstić information content (AvgIpc) is 2.74. The first-order valence-electron chi connectivity index (χ1n) is 11.4. The third-order valence-corrected chi connectivity index (χ3v) is 8.62. The SMILES string of the molecule is C=C1CC[C@@H]2[C@](C)(CCC[C@]2(C)C(=O)OC)[C@H]1Cc1c(C)ccc2c1C(=O)C(=O)C=C2O. The van der Waals surface area contributed by atoms with Gasteiger partial charge in [-0.15, -0.1) is 0 Å². The summed E-state index contributed by atoms with van der Waals surface area (Å²) in [5.41, 5.74) is 2.87. The maximum atomic E-state index is 12.9. The van der Waals surface area contributed by atoms with E-state index in [1.165, 1.54) is 7.11 Å². The van der Waals surface area contributed by atoms with Crippen LogP contribution in [0.15, 0.2) is 30.4 Å². The molecule has 0 unspecified atom stereocenters. The number of aliphatic hydroxyl groups excluding tert-OH is 1.